The van der Waals surface area contributed by atoms with Crippen LogP contribution in [0.15, 0.2) is 18.2 Å². The van der Waals surface area contributed by atoms with Crippen LogP contribution in [0, 0.1) is 13.7 Å². The molecule has 0 unspecified atom stereocenters. The number of nitro groups is 1. The second-order valence-corrected chi connectivity index (χ2v) is 3.51. The number of benzene rings is 1. The number of hydrogen-bond donors (Lipinski definition) is 0. The van der Waals surface area contributed by atoms with Crippen molar-refractivity contribution in [2.45, 2.75) is 13.3 Å². The summed E-state index contributed by atoms with van der Waals surface area (Å²) in [6.45, 7) is 1.92. The topological polar surface area (TPSA) is 43.1 Å². The predicted octanol–water partition coefficient (Wildman–Crippen LogP) is 2.76. The Bertz CT molecular complexity index is 312. The van der Waals surface area contributed by atoms with Crippen LogP contribution in [-0.4, -0.2) is 4.92 Å². The molecule has 0 amide bonds. The standard InChI is InChI=1S/C8H8INO2/c1-2-6-7(9)4-3-5-8(6)10(11)12/h3-5H,2H2,1H3. The fourth-order valence-electron chi connectivity index (χ4n) is 1.07. The summed E-state index contributed by atoms with van der Waals surface area (Å²) < 4.78 is 0.962. The van der Waals surface area contributed by atoms with Crippen molar-refractivity contribution in [3.05, 3.63) is 37.4 Å². The van der Waals surface area contributed by atoms with Gasteiger partial charge in [-0.25, -0.2) is 0 Å². The van der Waals surface area contributed by atoms with E-state index < -0.39 is 0 Å². The fourth-order valence-corrected chi connectivity index (χ4v) is 1.93. The van der Waals surface area contributed by atoms with E-state index in [9.17, 15) is 10.1 Å². The van der Waals surface area contributed by atoms with Gasteiger partial charge < -0.3 is 0 Å². The molecule has 0 heterocycles. The van der Waals surface area contributed by atoms with E-state index in [4.69, 9.17) is 0 Å². The Balaban J connectivity index is 3.27. The monoisotopic (exact) mass is 277 g/mol. The third kappa shape index (κ3) is 1.74. The third-order valence-electron chi connectivity index (χ3n) is 1.64. The smallest absolute Gasteiger partial charge is 0.258 e. The van der Waals surface area contributed by atoms with Crippen LogP contribution in [0.5, 0.6) is 0 Å². The van der Waals surface area contributed by atoms with Gasteiger partial charge in [-0.3, -0.25) is 10.1 Å². The molecule has 0 atom stereocenters. The van der Waals surface area contributed by atoms with Gasteiger partial charge in [0.2, 0.25) is 0 Å². The first-order chi connectivity index (χ1) is 5.66. The lowest BCUT2D eigenvalue weighted by Crippen LogP contribution is -1.96. The van der Waals surface area contributed by atoms with Crippen LogP contribution in [-0.2, 0) is 6.42 Å². The summed E-state index contributed by atoms with van der Waals surface area (Å²) in [4.78, 5) is 10.2. The van der Waals surface area contributed by atoms with Crippen LogP contribution in [0.4, 0.5) is 5.69 Å². The van der Waals surface area contributed by atoms with Crippen LogP contribution in [0.1, 0.15) is 12.5 Å². The van der Waals surface area contributed by atoms with Crippen molar-refractivity contribution in [1.29, 1.82) is 0 Å². The van der Waals surface area contributed by atoms with Crippen molar-refractivity contribution in [2.24, 2.45) is 0 Å². The molecule has 12 heavy (non-hydrogen) atoms. The summed E-state index contributed by atoms with van der Waals surface area (Å²) in [6, 6.07) is 5.13. The van der Waals surface area contributed by atoms with Gasteiger partial charge in [0.05, 0.1) is 4.92 Å². The van der Waals surface area contributed by atoms with Crippen LogP contribution in [0.3, 0.4) is 0 Å². The van der Waals surface area contributed by atoms with Gasteiger partial charge in [0, 0.05) is 15.2 Å². The first-order valence-corrected chi connectivity index (χ1v) is 4.66. The van der Waals surface area contributed by atoms with E-state index in [1.54, 1.807) is 12.1 Å². The molecule has 0 aliphatic heterocycles. The Hall–Kier alpha value is -0.650. The summed E-state index contributed by atoms with van der Waals surface area (Å²) in [5, 5.41) is 10.5. The highest BCUT2D eigenvalue weighted by Gasteiger charge is 2.13. The molecule has 1 rings (SSSR count). The van der Waals surface area contributed by atoms with E-state index >= 15 is 0 Å². The molecular formula is C8H8INO2. The van der Waals surface area contributed by atoms with E-state index in [2.05, 4.69) is 22.6 Å². The van der Waals surface area contributed by atoms with Crippen LogP contribution >= 0.6 is 22.6 Å². The minimum Gasteiger partial charge on any atom is -0.258 e. The molecule has 0 saturated heterocycles. The normalized spacial score (nSPS) is 9.83. The molecule has 0 aliphatic rings. The Kier molecular flexibility index (Phi) is 3.02. The summed E-state index contributed by atoms with van der Waals surface area (Å²) in [5.74, 6) is 0. The zero-order chi connectivity index (χ0) is 9.14. The van der Waals surface area contributed by atoms with Gasteiger partial charge in [-0.15, -0.1) is 0 Å². The second-order valence-electron chi connectivity index (χ2n) is 2.35. The van der Waals surface area contributed by atoms with Crippen LogP contribution in [0.25, 0.3) is 0 Å². The fraction of sp³-hybridized carbons (Fsp3) is 0.250. The molecule has 0 fully saturated rings. The summed E-state index contributed by atoms with van der Waals surface area (Å²) >= 11 is 2.11. The van der Waals surface area contributed by atoms with Gasteiger partial charge >= 0.3 is 0 Å². The third-order valence-corrected chi connectivity index (χ3v) is 2.66. The Labute approximate surface area is 84.1 Å². The van der Waals surface area contributed by atoms with E-state index in [0.29, 0.717) is 6.42 Å². The Morgan fingerprint density at radius 3 is 2.67 bits per heavy atom. The van der Waals surface area contributed by atoms with Crippen molar-refractivity contribution in [3.63, 3.8) is 0 Å². The quantitative estimate of drug-likeness (QED) is 0.474. The predicted molar refractivity (Wildman–Crippen MR) is 55.2 cm³/mol. The molecule has 1 aromatic carbocycles. The molecular weight excluding hydrogens is 269 g/mol. The van der Waals surface area contributed by atoms with Crippen LogP contribution in [0.2, 0.25) is 0 Å². The lowest BCUT2D eigenvalue weighted by Gasteiger charge is -2.00. The maximum absolute atomic E-state index is 10.5. The summed E-state index contributed by atoms with van der Waals surface area (Å²) in [6.07, 6.45) is 0.704. The van der Waals surface area contributed by atoms with Gasteiger partial charge in [0.25, 0.3) is 5.69 Å². The van der Waals surface area contributed by atoms with Gasteiger partial charge in [0.1, 0.15) is 0 Å². The lowest BCUT2D eigenvalue weighted by molar-refractivity contribution is -0.385. The lowest BCUT2D eigenvalue weighted by atomic mass is 10.1. The first-order valence-electron chi connectivity index (χ1n) is 3.58. The average Bonchev–Trinajstić information content (AvgIpc) is 2.03. The van der Waals surface area contributed by atoms with Crippen molar-refractivity contribution in [1.82, 2.24) is 0 Å². The average molecular weight is 277 g/mol. The van der Waals surface area contributed by atoms with Gasteiger partial charge in [-0.05, 0) is 35.1 Å². The zero-order valence-corrected chi connectivity index (χ0v) is 8.74. The number of halogens is 1. The zero-order valence-electron chi connectivity index (χ0n) is 6.58. The maximum atomic E-state index is 10.5. The first kappa shape index (κ1) is 9.44. The molecule has 0 aliphatic carbocycles. The van der Waals surface area contributed by atoms with E-state index in [1.165, 1.54) is 0 Å². The minimum absolute atomic E-state index is 0.226. The summed E-state index contributed by atoms with van der Waals surface area (Å²) in [7, 11) is 0. The van der Waals surface area contributed by atoms with Gasteiger partial charge in [-0.1, -0.05) is 13.0 Å². The molecule has 0 saturated carbocycles. The molecule has 64 valence electrons. The SMILES string of the molecule is CCc1c(I)cccc1[N+](=O)[O-]. The number of nitrogens with zero attached hydrogens (tertiary/aromatic N) is 1. The van der Waals surface area contributed by atoms with Gasteiger partial charge in [-0.2, -0.15) is 0 Å². The van der Waals surface area contributed by atoms with Crippen molar-refractivity contribution >= 4 is 28.3 Å². The molecule has 0 radical (unpaired) electrons. The van der Waals surface area contributed by atoms with Crippen LogP contribution < -0.4 is 0 Å². The highest BCUT2D eigenvalue weighted by molar-refractivity contribution is 14.1. The molecule has 0 bridgehead atoms. The van der Waals surface area contributed by atoms with Crippen molar-refractivity contribution < 1.29 is 4.92 Å². The van der Waals surface area contributed by atoms with E-state index in [0.717, 1.165) is 9.13 Å². The highest BCUT2D eigenvalue weighted by atomic mass is 127. The van der Waals surface area contributed by atoms with Crippen molar-refractivity contribution in [2.75, 3.05) is 0 Å². The minimum atomic E-state index is -0.332. The highest BCUT2D eigenvalue weighted by Crippen LogP contribution is 2.23. The maximum Gasteiger partial charge on any atom is 0.273 e. The molecule has 0 N–H and O–H groups in total. The second kappa shape index (κ2) is 3.84. The Morgan fingerprint density at radius 1 is 1.58 bits per heavy atom. The molecule has 1 aromatic rings. The molecule has 0 aromatic heterocycles. The summed E-state index contributed by atoms with van der Waals surface area (Å²) in [5.41, 5.74) is 1.05. The molecule has 0 spiro atoms. The number of rotatable bonds is 2. The van der Waals surface area contributed by atoms with Gasteiger partial charge in [0.15, 0.2) is 0 Å². The van der Waals surface area contributed by atoms with Crippen molar-refractivity contribution in [3.8, 4) is 0 Å². The molecule has 3 nitrogen and oxygen atoms in total. The van der Waals surface area contributed by atoms with E-state index in [1.807, 2.05) is 13.0 Å². The largest absolute Gasteiger partial charge is 0.273 e. The molecule has 4 heteroatoms. The van der Waals surface area contributed by atoms with E-state index in [-0.39, 0.29) is 10.6 Å². The number of nitro benzene ring substituents is 1. The number of hydrogen-bond acceptors (Lipinski definition) is 2. The Morgan fingerprint density at radius 2 is 2.25 bits per heavy atom.